The topological polar surface area (TPSA) is 40.6 Å². The fraction of sp³-hybridized carbons (Fsp3) is 0.600. The zero-order chi connectivity index (χ0) is 17.2. The van der Waals surface area contributed by atoms with Gasteiger partial charge in [0, 0.05) is 32.6 Å². The van der Waals surface area contributed by atoms with Crippen molar-refractivity contribution in [3.05, 3.63) is 35.4 Å². The summed E-state index contributed by atoms with van der Waals surface area (Å²) in [6.07, 6.45) is 4.18. The van der Waals surface area contributed by atoms with Crippen molar-refractivity contribution in [2.75, 3.05) is 26.2 Å². The van der Waals surface area contributed by atoms with E-state index in [1.54, 1.807) is 0 Å². The Morgan fingerprint density at radius 1 is 1.08 bits per heavy atom. The number of piperidine rings is 2. The first-order valence-corrected chi connectivity index (χ1v) is 9.12. The van der Waals surface area contributed by atoms with Gasteiger partial charge in [0.05, 0.1) is 6.42 Å². The van der Waals surface area contributed by atoms with Crippen LogP contribution in [0.15, 0.2) is 24.3 Å². The van der Waals surface area contributed by atoms with Crippen LogP contribution in [-0.2, 0) is 16.0 Å². The lowest BCUT2D eigenvalue weighted by atomic mass is 9.71. The summed E-state index contributed by atoms with van der Waals surface area (Å²) < 4.78 is 0. The molecule has 2 aliphatic rings. The summed E-state index contributed by atoms with van der Waals surface area (Å²) in [6, 6.07) is 8.19. The average Bonchev–Trinajstić information content (AvgIpc) is 2.58. The van der Waals surface area contributed by atoms with E-state index < -0.39 is 0 Å². The Kier molecular flexibility index (Phi) is 4.93. The largest absolute Gasteiger partial charge is 0.343 e. The van der Waals surface area contributed by atoms with E-state index in [0.29, 0.717) is 18.7 Å². The number of carbonyl (C=O) groups excluding carboxylic acids is 2. The number of nitrogens with zero attached hydrogens (tertiary/aromatic N) is 2. The molecule has 2 aliphatic heterocycles. The van der Waals surface area contributed by atoms with Gasteiger partial charge in [-0.3, -0.25) is 9.59 Å². The van der Waals surface area contributed by atoms with Gasteiger partial charge >= 0.3 is 0 Å². The molecule has 24 heavy (non-hydrogen) atoms. The molecule has 4 nitrogen and oxygen atoms in total. The number of aryl methyl sites for hydroxylation is 1. The highest BCUT2D eigenvalue weighted by molar-refractivity contribution is 5.79. The average molecular weight is 328 g/mol. The van der Waals surface area contributed by atoms with Gasteiger partial charge in [0.2, 0.25) is 11.8 Å². The molecule has 1 aromatic carbocycles. The monoisotopic (exact) mass is 328 g/mol. The summed E-state index contributed by atoms with van der Waals surface area (Å²) >= 11 is 0. The quantitative estimate of drug-likeness (QED) is 0.856. The first-order valence-electron chi connectivity index (χ1n) is 9.12. The second-order valence-corrected chi connectivity index (χ2v) is 7.44. The van der Waals surface area contributed by atoms with E-state index in [1.807, 2.05) is 28.9 Å². The number of rotatable bonds is 3. The van der Waals surface area contributed by atoms with Crippen molar-refractivity contribution < 1.29 is 9.59 Å². The summed E-state index contributed by atoms with van der Waals surface area (Å²) in [5.41, 5.74) is 2.44. The van der Waals surface area contributed by atoms with E-state index in [-0.39, 0.29) is 11.3 Å². The fourth-order valence-electron chi connectivity index (χ4n) is 4.00. The molecule has 0 saturated carbocycles. The van der Waals surface area contributed by atoms with Crippen LogP contribution in [0, 0.1) is 12.3 Å². The molecule has 0 atom stereocenters. The molecule has 2 fully saturated rings. The minimum absolute atomic E-state index is 0.142. The van der Waals surface area contributed by atoms with Crippen LogP contribution >= 0.6 is 0 Å². The first kappa shape index (κ1) is 17.0. The third-order valence-electron chi connectivity index (χ3n) is 5.83. The van der Waals surface area contributed by atoms with Crippen LogP contribution in [0.1, 0.15) is 43.7 Å². The lowest BCUT2D eigenvalue weighted by molar-refractivity contribution is -0.141. The highest BCUT2D eigenvalue weighted by atomic mass is 16.2. The van der Waals surface area contributed by atoms with E-state index in [0.717, 1.165) is 51.0 Å². The van der Waals surface area contributed by atoms with Crippen molar-refractivity contribution in [3.63, 3.8) is 0 Å². The SMILES string of the molecule is CCN1CCC2(CCN(C(=O)Cc3ccc(C)cc3)CC2)CC1=O. The molecule has 2 saturated heterocycles. The molecule has 130 valence electrons. The van der Waals surface area contributed by atoms with Crippen molar-refractivity contribution in [1.29, 1.82) is 0 Å². The molecular weight excluding hydrogens is 300 g/mol. The van der Waals surface area contributed by atoms with Crippen LogP contribution in [0.25, 0.3) is 0 Å². The molecule has 0 aromatic heterocycles. The van der Waals surface area contributed by atoms with Gasteiger partial charge in [-0.1, -0.05) is 29.8 Å². The van der Waals surface area contributed by atoms with Gasteiger partial charge in [-0.05, 0) is 44.1 Å². The van der Waals surface area contributed by atoms with E-state index in [1.165, 1.54) is 5.56 Å². The van der Waals surface area contributed by atoms with Crippen LogP contribution < -0.4 is 0 Å². The van der Waals surface area contributed by atoms with E-state index in [4.69, 9.17) is 0 Å². The van der Waals surface area contributed by atoms with Gasteiger partial charge in [0.1, 0.15) is 0 Å². The normalized spacial score (nSPS) is 20.5. The molecule has 0 unspecified atom stereocenters. The summed E-state index contributed by atoms with van der Waals surface area (Å²) in [6.45, 7) is 7.39. The third kappa shape index (κ3) is 3.63. The maximum absolute atomic E-state index is 12.5. The molecule has 1 aromatic rings. The highest BCUT2D eigenvalue weighted by Crippen LogP contribution is 2.41. The fourth-order valence-corrected chi connectivity index (χ4v) is 4.00. The first-order chi connectivity index (χ1) is 11.5. The van der Waals surface area contributed by atoms with Crippen molar-refractivity contribution in [2.45, 2.75) is 46.0 Å². The maximum atomic E-state index is 12.5. The number of hydrogen-bond donors (Lipinski definition) is 0. The van der Waals surface area contributed by atoms with Crippen LogP contribution in [0.5, 0.6) is 0 Å². The molecule has 0 N–H and O–H groups in total. The number of carbonyl (C=O) groups is 2. The Hall–Kier alpha value is -1.84. The van der Waals surface area contributed by atoms with Gasteiger partial charge in [-0.2, -0.15) is 0 Å². The van der Waals surface area contributed by atoms with Gasteiger partial charge in [-0.15, -0.1) is 0 Å². The minimum atomic E-state index is 0.142. The van der Waals surface area contributed by atoms with Crippen molar-refractivity contribution in [3.8, 4) is 0 Å². The van der Waals surface area contributed by atoms with Crippen LogP contribution in [0.4, 0.5) is 0 Å². The maximum Gasteiger partial charge on any atom is 0.226 e. The Balaban J connectivity index is 1.54. The number of hydrogen-bond acceptors (Lipinski definition) is 2. The van der Waals surface area contributed by atoms with Gasteiger partial charge in [-0.25, -0.2) is 0 Å². The molecule has 2 amide bonds. The second-order valence-electron chi connectivity index (χ2n) is 7.44. The zero-order valence-electron chi connectivity index (χ0n) is 14.9. The number of benzene rings is 1. The molecule has 4 heteroatoms. The summed E-state index contributed by atoms with van der Waals surface area (Å²) in [5, 5.41) is 0. The second kappa shape index (κ2) is 6.96. The zero-order valence-corrected chi connectivity index (χ0v) is 14.9. The number of likely N-dealkylation sites (tertiary alicyclic amines) is 2. The van der Waals surface area contributed by atoms with E-state index >= 15 is 0 Å². The lowest BCUT2D eigenvalue weighted by Gasteiger charge is -2.46. The van der Waals surface area contributed by atoms with Crippen molar-refractivity contribution in [2.24, 2.45) is 5.41 Å². The molecule has 0 aliphatic carbocycles. The minimum Gasteiger partial charge on any atom is -0.343 e. The lowest BCUT2D eigenvalue weighted by Crippen LogP contribution is -2.50. The Bertz CT molecular complexity index is 601. The molecule has 0 bridgehead atoms. The predicted octanol–water partition coefficient (Wildman–Crippen LogP) is 2.79. The van der Waals surface area contributed by atoms with Gasteiger partial charge < -0.3 is 9.80 Å². The van der Waals surface area contributed by atoms with Crippen LogP contribution in [0.2, 0.25) is 0 Å². The third-order valence-corrected chi connectivity index (χ3v) is 5.83. The molecule has 3 rings (SSSR count). The molecule has 2 heterocycles. The van der Waals surface area contributed by atoms with Crippen LogP contribution in [0.3, 0.4) is 0 Å². The van der Waals surface area contributed by atoms with Gasteiger partial charge in [0.25, 0.3) is 0 Å². The van der Waals surface area contributed by atoms with Crippen LogP contribution in [-0.4, -0.2) is 47.8 Å². The molecule has 1 spiro atoms. The highest BCUT2D eigenvalue weighted by Gasteiger charge is 2.41. The molecule has 0 radical (unpaired) electrons. The summed E-state index contributed by atoms with van der Waals surface area (Å²) in [5.74, 6) is 0.509. The van der Waals surface area contributed by atoms with Gasteiger partial charge in [0.15, 0.2) is 0 Å². The smallest absolute Gasteiger partial charge is 0.226 e. The summed E-state index contributed by atoms with van der Waals surface area (Å²) in [7, 11) is 0. The molecular formula is C20H28N2O2. The number of amides is 2. The predicted molar refractivity (Wildman–Crippen MR) is 94.6 cm³/mol. The van der Waals surface area contributed by atoms with Crippen molar-refractivity contribution >= 4 is 11.8 Å². The van der Waals surface area contributed by atoms with Crippen molar-refractivity contribution in [1.82, 2.24) is 9.80 Å². The Labute approximate surface area is 144 Å². The standard InChI is InChI=1S/C20H28N2O2/c1-3-21-11-8-20(15-19(21)24)9-12-22(13-10-20)18(23)14-17-6-4-16(2)5-7-17/h4-7H,3,8-15H2,1-2H3. The Morgan fingerprint density at radius 2 is 1.71 bits per heavy atom. The van der Waals surface area contributed by atoms with E-state index in [9.17, 15) is 9.59 Å². The van der Waals surface area contributed by atoms with E-state index in [2.05, 4.69) is 19.1 Å². The summed E-state index contributed by atoms with van der Waals surface area (Å²) in [4.78, 5) is 28.7. The Morgan fingerprint density at radius 3 is 2.29 bits per heavy atom.